The quantitative estimate of drug-likeness (QED) is 0.763. The van der Waals surface area contributed by atoms with Crippen LogP contribution < -0.4 is 5.32 Å². The molecule has 0 saturated carbocycles. The van der Waals surface area contributed by atoms with Crippen LogP contribution in [-0.2, 0) is 4.79 Å². The second-order valence-corrected chi connectivity index (χ2v) is 4.29. The first-order valence-electron chi connectivity index (χ1n) is 4.74. The highest BCUT2D eigenvalue weighted by Crippen LogP contribution is 2.17. The fourth-order valence-electron chi connectivity index (χ4n) is 1.62. The van der Waals surface area contributed by atoms with Crippen molar-refractivity contribution in [3.05, 3.63) is 11.6 Å². The van der Waals surface area contributed by atoms with Crippen LogP contribution in [-0.4, -0.2) is 35.4 Å². The molecule has 1 N–H and O–H groups in total. The summed E-state index contributed by atoms with van der Waals surface area (Å²) < 4.78 is 0. The number of nitrogens with zero attached hydrogens (tertiary/aromatic N) is 2. The van der Waals surface area contributed by atoms with Crippen LogP contribution in [0.1, 0.15) is 12.8 Å². The summed E-state index contributed by atoms with van der Waals surface area (Å²) in [6.07, 6.45) is 4.75. The van der Waals surface area contributed by atoms with Gasteiger partial charge in [0.05, 0.1) is 0 Å². The molecule has 0 radical (unpaired) electrons. The highest BCUT2D eigenvalue weighted by molar-refractivity contribution is 7.13. The number of thiazole rings is 1. The van der Waals surface area contributed by atoms with E-state index in [2.05, 4.69) is 10.3 Å². The molecule has 14 heavy (non-hydrogen) atoms. The van der Waals surface area contributed by atoms with Gasteiger partial charge in [0.15, 0.2) is 5.13 Å². The number of carbonyl (C=O) groups is 1. The highest BCUT2D eigenvalue weighted by atomic mass is 32.1. The van der Waals surface area contributed by atoms with Crippen molar-refractivity contribution in [1.29, 1.82) is 0 Å². The Bertz CT molecular complexity index is 280. The molecule has 76 valence electrons. The zero-order valence-corrected chi connectivity index (χ0v) is 8.67. The lowest BCUT2D eigenvalue weighted by Crippen LogP contribution is -2.38. The van der Waals surface area contributed by atoms with Gasteiger partial charge in [-0.05, 0) is 12.8 Å². The maximum Gasteiger partial charge on any atom is 0.209 e. The smallest absolute Gasteiger partial charge is 0.209 e. The third kappa shape index (κ3) is 2.23. The number of piperidine rings is 1. The molecule has 1 aromatic heterocycles. The first-order valence-corrected chi connectivity index (χ1v) is 5.62. The molecule has 2 heterocycles. The third-order valence-electron chi connectivity index (χ3n) is 2.44. The first kappa shape index (κ1) is 9.45. The maximum atomic E-state index is 10.5. The second kappa shape index (κ2) is 4.41. The maximum absolute atomic E-state index is 10.5. The Morgan fingerprint density at radius 1 is 1.57 bits per heavy atom. The Balaban J connectivity index is 1.81. The summed E-state index contributed by atoms with van der Waals surface area (Å²) in [5, 5.41) is 6.31. The minimum atomic E-state index is 0.470. The average Bonchev–Trinajstić information content (AvgIpc) is 2.72. The Morgan fingerprint density at radius 3 is 2.93 bits per heavy atom. The van der Waals surface area contributed by atoms with Gasteiger partial charge in [-0.25, -0.2) is 4.98 Å². The highest BCUT2D eigenvalue weighted by Gasteiger charge is 2.17. The van der Waals surface area contributed by atoms with E-state index in [-0.39, 0.29) is 0 Å². The van der Waals surface area contributed by atoms with Gasteiger partial charge in [0.25, 0.3) is 0 Å². The molecular formula is C9H13N3OS. The van der Waals surface area contributed by atoms with Crippen molar-refractivity contribution in [3.63, 3.8) is 0 Å². The molecule has 1 aliphatic rings. The number of hydrogen-bond acceptors (Lipinski definition) is 4. The minimum Gasteiger partial charge on any atom is -0.359 e. The topological polar surface area (TPSA) is 45.2 Å². The van der Waals surface area contributed by atoms with Crippen LogP contribution >= 0.6 is 11.3 Å². The van der Waals surface area contributed by atoms with E-state index in [1.165, 1.54) is 0 Å². The minimum absolute atomic E-state index is 0.470. The lowest BCUT2D eigenvalue weighted by molar-refractivity contribution is -0.118. The summed E-state index contributed by atoms with van der Waals surface area (Å²) in [7, 11) is 0. The van der Waals surface area contributed by atoms with Crippen molar-refractivity contribution in [2.45, 2.75) is 18.9 Å². The van der Waals surface area contributed by atoms with Crippen molar-refractivity contribution in [2.75, 3.05) is 18.4 Å². The van der Waals surface area contributed by atoms with Crippen LogP contribution in [0.2, 0.25) is 0 Å². The second-order valence-electron chi connectivity index (χ2n) is 3.40. The zero-order chi connectivity index (χ0) is 9.80. The van der Waals surface area contributed by atoms with E-state index in [9.17, 15) is 4.79 Å². The predicted molar refractivity (Wildman–Crippen MR) is 56.4 cm³/mol. The summed E-state index contributed by atoms with van der Waals surface area (Å²) in [4.78, 5) is 16.5. The Hall–Kier alpha value is -1.10. The van der Waals surface area contributed by atoms with E-state index >= 15 is 0 Å². The number of likely N-dealkylation sites (tertiary alicyclic amines) is 1. The molecule has 2 rings (SSSR count). The Labute approximate surface area is 86.9 Å². The van der Waals surface area contributed by atoms with E-state index in [0.29, 0.717) is 6.04 Å². The predicted octanol–water partition coefficient (Wildman–Crippen LogP) is 1.18. The van der Waals surface area contributed by atoms with Gasteiger partial charge in [0.1, 0.15) is 0 Å². The van der Waals surface area contributed by atoms with Crippen LogP contribution in [0.15, 0.2) is 11.6 Å². The van der Waals surface area contributed by atoms with Crippen molar-refractivity contribution in [2.24, 2.45) is 0 Å². The van der Waals surface area contributed by atoms with Gasteiger partial charge in [-0.3, -0.25) is 4.79 Å². The molecule has 1 aromatic rings. The van der Waals surface area contributed by atoms with Crippen LogP contribution in [0.3, 0.4) is 0 Å². The molecule has 0 aliphatic carbocycles. The van der Waals surface area contributed by atoms with E-state index in [1.54, 1.807) is 17.5 Å². The van der Waals surface area contributed by atoms with Crippen LogP contribution in [0, 0.1) is 0 Å². The number of amides is 1. The van der Waals surface area contributed by atoms with Crippen molar-refractivity contribution in [3.8, 4) is 0 Å². The monoisotopic (exact) mass is 211 g/mol. The lowest BCUT2D eigenvalue weighted by Gasteiger charge is -2.29. The number of nitrogens with one attached hydrogen (secondary N) is 1. The first-order chi connectivity index (χ1) is 6.88. The number of rotatable bonds is 3. The lowest BCUT2D eigenvalue weighted by atomic mass is 10.1. The van der Waals surface area contributed by atoms with Gasteiger partial charge in [0, 0.05) is 30.7 Å². The molecule has 0 unspecified atom stereocenters. The number of aromatic nitrogens is 1. The average molecular weight is 211 g/mol. The molecular weight excluding hydrogens is 198 g/mol. The number of hydrogen-bond donors (Lipinski definition) is 1. The normalized spacial score (nSPS) is 18.1. The zero-order valence-electron chi connectivity index (χ0n) is 7.85. The van der Waals surface area contributed by atoms with Gasteiger partial charge < -0.3 is 10.2 Å². The third-order valence-corrected chi connectivity index (χ3v) is 3.14. The molecule has 1 fully saturated rings. The summed E-state index contributed by atoms with van der Waals surface area (Å²) in [5.74, 6) is 0. The van der Waals surface area contributed by atoms with Gasteiger partial charge in [0.2, 0.25) is 6.41 Å². The molecule has 1 amide bonds. The summed E-state index contributed by atoms with van der Waals surface area (Å²) in [5.41, 5.74) is 0. The Kier molecular flexibility index (Phi) is 2.98. The van der Waals surface area contributed by atoms with Crippen LogP contribution in [0.25, 0.3) is 0 Å². The van der Waals surface area contributed by atoms with E-state index in [4.69, 9.17) is 0 Å². The van der Waals surface area contributed by atoms with Crippen molar-refractivity contribution in [1.82, 2.24) is 9.88 Å². The van der Waals surface area contributed by atoms with E-state index in [0.717, 1.165) is 37.5 Å². The molecule has 1 aliphatic heterocycles. The van der Waals surface area contributed by atoms with Gasteiger partial charge in [-0.1, -0.05) is 0 Å². The summed E-state index contributed by atoms with van der Waals surface area (Å²) >= 11 is 1.62. The fraction of sp³-hybridized carbons (Fsp3) is 0.556. The fourth-order valence-corrected chi connectivity index (χ4v) is 2.23. The number of anilines is 1. The van der Waals surface area contributed by atoms with Crippen molar-refractivity contribution >= 4 is 22.9 Å². The molecule has 0 aromatic carbocycles. The molecule has 4 nitrogen and oxygen atoms in total. The molecule has 0 atom stereocenters. The number of carbonyl (C=O) groups excluding carboxylic acids is 1. The van der Waals surface area contributed by atoms with Gasteiger partial charge in [-0.2, -0.15) is 0 Å². The largest absolute Gasteiger partial charge is 0.359 e. The molecule has 5 heteroatoms. The van der Waals surface area contributed by atoms with Crippen LogP contribution in [0.4, 0.5) is 5.13 Å². The van der Waals surface area contributed by atoms with Gasteiger partial charge in [-0.15, -0.1) is 11.3 Å². The molecule has 1 saturated heterocycles. The molecule has 0 spiro atoms. The van der Waals surface area contributed by atoms with Gasteiger partial charge >= 0.3 is 0 Å². The van der Waals surface area contributed by atoms with E-state index in [1.807, 2.05) is 10.3 Å². The standard InChI is InChI=1S/C9H13N3OS/c13-7-12-4-1-8(2-5-12)11-9-10-3-6-14-9/h3,6-8H,1-2,4-5H2,(H,10,11). The summed E-state index contributed by atoms with van der Waals surface area (Å²) in [6.45, 7) is 1.71. The van der Waals surface area contributed by atoms with Crippen molar-refractivity contribution < 1.29 is 4.79 Å². The Morgan fingerprint density at radius 2 is 2.36 bits per heavy atom. The SMILES string of the molecule is O=CN1CCC(Nc2nccs2)CC1. The summed E-state index contributed by atoms with van der Waals surface area (Å²) in [6, 6.07) is 0.470. The van der Waals surface area contributed by atoms with Crippen LogP contribution in [0.5, 0.6) is 0 Å². The molecule has 0 bridgehead atoms. The van der Waals surface area contributed by atoms with E-state index < -0.39 is 0 Å².